The van der Waals surface area contributed by atoms with Crippen molar-refractivity contribution in [1.29, 1.82) is 0 Å². The zero-order valence-corrected chi connectivity index (χ0v) is 15.0. The third-order valence-electron chi connectivity index (χ3n) is 5.73. The van der Waals surface area contributed by atoms with E-state index in [9.17, 15) is 4.79 Å². The molecule has 2 amide bonds. The smallest absolute Gasteiger partial charge is 0.324 e. The SMILES string of the molecule is CC1(C)CCN(C(=O)N2CCC(c3cccnc3)C2)c2ccccc21. The molecule has 3 heterocycles. The molecule has 4 heteroatoms. The minimum Gasteiger partial charge on any atom is -0.324 e. The zero-order chi connectivity index (χ0) is 17.4. The third-order valence-corrected chi connectivity index (χ3v) is 5.73. The molecule has 1 unspecified atom stereocenters. The van der Waals surface area contributed by atoms with Crippen LogP contribution in [-0.4, -0.2) is 35.5 Å². The minimum atomic E-state index is 0.122. The van der Waals surface area contributed by atoms with Crippen LogP contribution in [0.5, 0.6) is 0 Å². The normalized spacial score (nSPS) is 21.9. The lowest BCUT2D eigenvalue weighted by atomic mass is 9.78. The Morgan fingerprint density at radius 1 is 1.16 bits per heavy atom. The molecule has 0 spiro atoms. The summed E-state index contributed by atoms with van der Waals surface area (Å²) in [5, 5.41) is 0. The van der Waals surface area contributed by atoms with Gasteiger partial charge in [-0.3, -0.25) is 9.88 Å². The van der Waals surface area contributed by atoms with Gasteiger partial charge in [0.1, 0.15) is 0 Å². The van der Waals surface area contributed by atoms with E-state index in [1.54, 1.807) is 6.20 Å². The highest BCUT2D eigenvalue weighted by Crippen LogP contribution is 2.40. The molecule has 1 aromatic carbocycles. The van der Waals surface area contributed by atoms with Gasteiger partial charge in [-0.1, -0.05) is 38.1 Å². The number of para-hydroxylation sites is 1. The molecule has 2 aromatic rings. The molecule has 130 valence electrons. The maximum absolute atomic E-state index is 13.2. The predicted molar refractivity (Wildman–Crippen MR) is 100.0 cm³/mol. The summed E-state index contributed by atoms with van der Waals surface area (Å²) in [6, 6.07) is 12.6. The summed E-state index contributed by atoms with van der Waals surface area (Å²) in [6.07, 6.45) is 5.74. The first-order chi connectivity index (χ1) is 12.1. The van der Waals surface area contributed by atoms with E-state index in [-0.39, 0.29) is 11.4 Å². The van der Waals surface area contributed by atoms with Gasteiger partial charge in [0.15, 0.2) is 0 Å². The summed E-state index contributed by atoms with van der Waals surface area (Å²) in [5.74, 6) is 0.397. The first kappa shape index (κ1) is 16.1. The molecule has 4 rings (SSSR count). The summed E-state index contributed by atoms with van der Waals surface area (Å²) >= 11 is 0. The molecular formula is C21H25N3O. The third kappa shape index (κ3) is 2.90. The number of benzene rings is 1. The monoisotopic (exact) mass is 335 g/mol. The Balaban J connectivity index is 1.54. The Morgan fingerprint density at radius 3 is 2.80 bits per heavy atom. The van der Waals surface area contributed by atoms with Gasteiger partial charge in [-0.15, -0.1) is 0 Å². The van der Waals surface area contributed by atoms with Crippen molar-refractivity contribution in [3.05, 3.63) is 59.9 Å². The van der Waals surface area contributed by atoms with Gasteiger partial charge in [-0.2, -0.15) is 0 Å². The standard InChI is InChI=1S/C21H25N3O/c1-21(2)10-13-24(19-8-4-3-7-18(19)21)20(25)23-12-9-17(15-23)16-6-5-11-22-14-16/h3-8,11,14,17H,9-10,12-13,15H2,1-2H3. The fourth-order valence-corrected chi connectivity index (χ4v) is 4.12. The van der Waals surface area contributed by atoms with Crippen LogP contribution in [-0.2, 0) is 5.41 Å². The van der Waals surface area contributed by atoms with Crippen molar-refractivity contribution in [3.8, 4) is 0 Å². The van der Waals surface area contributed by atoms with Crippen molar-refractivity contribution in [2.24, 2.45) is 0 Å². The number of nitrogens with zero attached hydrogens (tertiary/aromatic N) is 3. The number of pyridine rings is 1. The number of carbonyl (C=O) groups excluding carboxylic acids is 1. The first-order valence-electron chi connectivity index (χ1n) is 9.12. The molecule has 1 saturated heterocycles. The largest absolute Gasteiger partial charge is 0.324 e. The van der Waals surface area contributed by atoms with Gasteiger partial charge >= 0.3 is 6.03 Å². The molecule has 4 nitrogen and oxygen atoms in total. The lowest BCUT2D eigenvalue weighted by molar-refractivity contribution is 0.213. The van der Waals surface area contributed by atoms with E-state index in [0.29, 0.717) is 5.92 Å². The van der Waals surface area contributed by atoms with Gasteiger partial charge < -0.3 is 4.90 Å². The highest BCUT2D eigenvalue weighted by Gasteiger charge is 2.37. The Hall–Kier alpha value is -2.36. The van der Waals surface area contributed by atoms with Crippen LogP contribution in [0.2, 0.25) is 0 Å². The average Bonchev–Trinajstić information content (AvgIpc) is 3.12. The van der Waals surface area contributed by atoms with Gasteiger partial charge in [0.2, 0.25) is 0 Å². The molecule has 25 heavy (non-hydrogen) atoms. The summed E-state index contributed by atoms with van der Waals surface area (Å²) in [7, 11) is 0. The van der Waals surface area contributed by atoms with Gasteiger partial charge in [-0.05, 0) is 41.5 Å². The average molecular weight is 335 g/mol. The van der Waals surface area contributed by atoms with E-state index in [2.05, 4.69) is 43.1 Å². The number of amides is 2. The van der Waals surface area contributed by atoms with E-state index in [1.807, 2.05) is 28.1 Å². The number of hydrogen-bond acceptors (Lipinski definition) is 2. The van der Waals surface area contributed by atoms with Crippen LogP contribution in [0.3, 0.4) is 0 Å². The number of anilines is 1. The van der Waals surface area contributed by atoms with Crippen LogP contribution in [0.15, 0.2) is 48.8 Å². The van der Waals surface area contributed by atoms with Crippen molar-refractivity contribution in [2.45, 2.75) is 38.0 Å². The van der Waals surface area contributed by atoms with Crippen LogP contribution in [0.25, 0.3) is 0 Å². The van der Waals surface area contributed by atoms with Crippen LogP contribution in [0.1, 0.15) is 43.7 Å². The highest BCUT2D eigenvalue weighted by molar-refractivity contribution is 5.94. The lowest BCUT2D eigenvalue weighted by Crippen LogP contribution is -2.47. The van der Waals surface area contributed by atoms with E-state index in [0.717, 1.165) is 38.2 Å². The number of carbonyl (C=O) groups is 1. The molecule has 0 radical (unpaired) electrons. The van der Waals surface area contributed by atoms with Gasteiger partial charge in [-0.25, -0.2) is 4.79 Å². The molecule has 1 atom stereocenters. The minimum absolute atomic E-state index is 0.122. The Kier molecular flexibility index (Phi) is 3.98. The van der Waals surface area contributed by atoms with Crippen LogP contribution in [0.4, 0.5) is 10.5 Å². The van der Waals surface area contributed by atoms with E-state index >= 15 is 0 Å². The Bertz CT molecular complexity index is 772. The summed E-state index contributed by atoms with van der Waals surface area (Å²) in [5.41, 5.74) is 3.71. The van der Waals surface area contributed by atoms with Crippen LogP contribution in [0, 0.1) is 0 Å². The van der Waals surface area contributed by atoms with Crippen molar-refractivity contribution < 1.29 is 4.79 Å². The van der Waals surface area contributed by atoms with Gasteiger partial charge in [0.05, 0.1) is 0 Å². The highest BCUT2D eigenvalue weighted by atomic mass is 16.2. The number of rotatable bonds is 1. The molecule has 2 aliphatic heterocycles. The first-order valence-corrected chi connectivity index (χ1v) is 9.12. The van der Waals surface area contributed by atoms with Crippen molar-refractivity contribution in [2.75, 3.05) is 24.5 Å². The topological polar surface area (TPSA) is 36.4 Å². The maximum atomic E-state index is 13.2. The number of urea groups is 1. The Morgan fingerprint density at radius 2 is 2.00 bits per heavy atom. The van der Waals surface area contributed by atoms with Crippen molar-refractivity contribution >= 4 is 11.7 Å². The quantitative estimate of drug-likeness (QED) is 0.784. The van der Waals surface area contributed by atoms with Crippen LogP contribution >= 0.6 is 0 Å². The van der Waals surface area contributed by atoms with E-state index < -0.39 is 0 Å². The second-order valence-electron chi connectivity index (χ2n) is 7.80. The van der Waals surface area contributed by atoms with Gasteiger partial charge in [0, 0.05) is 43.6 Å². The summed E-state index contributed by atoms with van der Waals surface area (Å²) in [4.78, 5) is 21.4. The molecule has 0 aliphatic carbocycles. The van der Waals surface area contributed by atoms with Gasteiger partial charge in [0.25, 0.3) is 0 Å². The van der Waals surface area contributed by atoms with Crippen molar-refractivity contribution in [1.82, 2.24) is 9.88 Å². The maximum Gasteiger partial charge on any atom is 0.324 e. The lowest BCUT2D eigenvalue weighted by Gasteiger charge is -2.40. The second-order valence-corrected chi connectivity index (χ2v) is 7.80. The fraction of sp³-hybridized carbons (Fsp3) is 0.429. The second kappa shape index (κ2) is 6.17. The summed E-state index contributed by atoms with van der Waals surface area (Å²) in [6.45, 7) is 6.92. The molecule has 1 aromatic heterocycles. The Labute approximate surface area is 149 Å². The molecule has 1 fully saturated rings. The molecule has 0 saturated carbocycles. The molecule has 0 N–H and O–H groups in total. The molecule has 2 aliphatic rings. The van der Waals surface area contributed by atoms with E-state index in [4.69, 9.17) is 0 Å². The number of hydrogen-bond donors (Lipinski definition) is 0. The van der Waals surface area contributed by atoms with E-state index in [1.165, 1.54) is 11.1 Å². The molecular weight excluding hydrogens is 310 g/mol. The number of likely N-dealkylation sites (tertiary alicyclic amines) is 1. The summed E-state index contributed by atoms with van der Waals surface area (Å²) < 4.78 is 0. The fourth-order valence-electron chi connectivity index (χ4n) is 4.12. The zero-order valence-electron chi connectivity index (χ0n) is 15.0. The molecule has 0 bridgehead atoms. The predicted octanol–water partition coefficient (Wildman–Crippen LogP) is 4.18. The van der Waals surface area contributed by atoms with Crippen LogP contribution < -0.4 is 4.90 Å². The number of fused-ring (bicyclic) bond motifs is 1. The number of aromatic nitrogens is 1. The van der Waals surface area contributed by atoms with Crippen molar-refractivity contribution in [3.63, 3.8) is 0 Å².